The van der Waals surface area contributed by atoms with Crippen LogP contribution in [0.25, 0.3) is 11.4 Å². The second-order valence-electron chi connectivity index (χ2n) is 7.36. The maximum atomic E-state index is 12.2. The number of benzene rings is 1. The first kappa shape index (κ1) is 20.5. The SMILES string of the molecule is COC(=O)c1nc2n(c1CC#N)CCOc1ccc(C#C[C@]3(O)CCN(C)C3=O)cc1-2. The van der Waals surface area contributed by atoms with Crippen LogP contribution in [-0.4, -0.2) is 64.3 Å². The Labute approximate surface area is 178 Å². The van der Waals surface area contributed by atoms with Gasteiger partial charge in [0.15, 0.2) is 5.69 Å². The fourth-order valence-corrected chi connectivity index (χ4v) is 3.75. The number of methoxy groups -OCH3 is 1. The molecule has 1 aromatic carbocycles. The Hall–Kier alpha value is -3.82. The van der Waals surface area contributed by atoms with Crippen LogP contribution in [0, 0.1) is 23.2 Å². The quantitative estimate of drug-likeness (QED) is 0.562. The molecule has 31 heavy (non-hydrogen) atoms. The zero-order chi connectivity index (χ0) is 22.2. The number of rotatable bonds is 2. The molecule has 0 spiro atoms. The molecule has 0 radical (unpaired) electrons. The number of carbonyl (C=O) groups excluding carboxylic acids is 2. The monoisotopic (exact) mass is 420 g/mol. The first-order chi connectivity index (χ1) is 14.9. The minimum Gasteiger partial charge on any atom is -0.491 e. The van der Waals surface area contributed by atoms with Crippen LogP contribution in [0.1, 0.15) is 28.2 Å². The number of imidazole rings is 1. The molecule has 2 aromatic rings. The van der Waals surface area contributed by atoms with Crippen LogP contribution in [0.2, 0.25) is 0 Å². The third-order valence-corrected chi connectivity index (χ3v) is 5.41. The normalized spacial score (nSPS) is 19.3. The molecule has 1 amide bonds. The summed E-state index contributed by atoms with van der Waals surface area (Å²) in [6, 6.07) is 7.26. The maximum Gasteiger partial charge on any atom is 0.358 e. The van der Waals surface area contributed by atoms with Gasteiger partial charge in [0.2, 0.25) is 5.60 Å². The van der Waals surface area contributed by atoms with Crippen molar-refractivity contribution in [3.8, 4) is 35.0 Å². The number of esters is 1. The number of hydrogen-bond acceptors (Lipinski definition) is 7. The van der Waals surface area contributed by atoms with Crippen LogP contribution in [0.5, 0.6) is 5.75 Å². The number of hydrogen-bond donors (Lipinski definition) is 1. The van der Waals surface area contributed by atoms with Crippen molar-refractivity contribution in [3.05, 3.63) is 35.2 Å². The third kappa shape index (κ3) is 3.49. The van der Waals surface area contributed by atoms with Gasteiger partial charge in [0.05, 0.1) is 37.4 Å². The predicted octanol–water partition coefficient (Wildman–Crippen LogP) is 0.740. The van der Waals surface area contributed by atoms with E-state index in [4.69, 9.17) is 9.47 Å². The van der Waals surface area contributed by atoms with E-state index in [-0.39, 0.29) is 18.5 Å². The zero-order valence-corrected chi connectivity index (χ0v) is 17.1. The molecular weight excluding hydrogens is 400 g/mol. The van der Waals surface area contributed by atoms with E-state index in [1.54, 1.807) is 29.8 Å². The molecule has 1 atom stereocenters. The van der Waals surface area contributed by atoms with E-state index in [9.17, 15) is 20.0 Å². The molecular formula is C22H20N4O5. The summed E-state index contributed by atoms with van der Waals surface area (Å²) in [5.41, 5.74) is 0.00846. The smallest absolute Gasteiger partial charge is 0.358 e. The van der Waals surface area contributed by atoms with Crippen LogP contribution in [-0.2, 0) is 22.5 Å². The lowest BCUT2D eigenvalue weighted by molar-refractivity contribution is -0.137. The van der Waals surface area contributed by atoms with Crippen molar-refractivity contribution < 1.29 is 24.2 Å². The van der Waals surface area contributed by atoms with Crippen molar-refractivity contribution in [2.24, 2.45) is 0 Å². The molecule has 9 heteroatoms. The van der Waals surface area contributed by atoms with E-state index in [1.165, 1.54) is 12.0 Å². The van der Waals surface area contributed by atoms with E-state index < -0.39 is 17.5 Å². The first-order valence-corrected chi connectivity index (χ1v) is 9.71. The van der Waals surface area contributed by atoms with Gasteiger partial charge >= 0.3 is 5.97 Å². The van der Waals surface area contributed by atoms with E-state index in [2.05, 4.69) is 22.9 Å². The lowest BCUT2D eigenvalue weighted by atomic mass is 10.0. The molecule has 2 aliphatic heterocycles. The highest BCUT2D eigenvalue weighted by molar-refractivity contribution is 5.91. The Balaban J connectivity index is 1.80. The Morgan fingerprint density at radius 1 is 1.42 bits per heavy atom. The summed E-state index contributed by atoms with van der Waals surface area (Å²) in [6.45, 7) is 1.19. The van der Waals surface area contributed by atoms with Crippen LogP contribution in [0.15, 0.2) is 18.2 Å². The fourth-order valence-electron chi connectivity index (χ4n) is 3.75. The number of aromatic nitrogens is 2. The number of ether oxygens (including phenoxy) is 2. The summed E-state index contributed by atoms with van der Waals surface area (Å²) in [5.74, 6) is 5.57. The number of fused-ring (bicyclic) bond motifs is 3. The fraction of sp³-hybridized carbons (Fsp3) is 0.364. The average molecular weight is 420 g/mol. The molecule has 0 unspecified atom stereocenters. The summed E-state index contributed by atoms with van der Waals surface area (Å²) in [7, 11) is 2.89. The molecule has 1 fully saturated rings. The molecule has 3 heterocycles. The molecule has 0 aliphatic carbocycles. The summed E-state index contributed by atoms with van der Waals surface area (Å²) >= 11 is 0. The van der Waals surface area contributed by atoms with Crippen molar-refractivity contribution in [2.75, 3.05) is 27.3 Å². The Morgan fingerprint density at radius 3 is 2.90 bits per heavy atom. The van der Waals surface area contributed by atoms with Gasteiger partial charge in [-0.2, -0.15) is 5.26 Å². The van der Waals surface area contributed by atoms with Gasteiger partial charge in [0.1, 0.15) is 18.2 Å². The summed E-state index contributed by atoms with van der Waals surface area (Å²) in [6.07, 6.45) is 0.239. The van der Waals surface area contributed by atoms with Crippen molar-refractivity contribution in [1.82, 2.24) is 14.5 Å². The van der Waals surface area contributed by atoms with Gasteiger partial charge in [-0.1, -0.05) is 11.8 Å². The molecule has 9 nitrogen and oxygen atoms in total. The number of likely N-dealkylation sites (N-methyl/N-ethyl adjacent to an activating group) is 1. The number of carbonyl (C=O) groups is 2. The van der Waals surface area contributed by atoms with Crippen molar-refractivity contribution >= 4 is 11.9 Å². The van der Waals surface area contributed by atoms with Gasteiger partial charge in [-0.15, -0.1) is 0 Å². The second-order valence-corrected chi connectivity index (χ2v) is 7.36. The van der Waals surface area contributed by atoms with Gasteiger partial charge in [-0.3, -0.25) is 4.79 Å². The van der Waals surface area contributed by atoms with Crippen molar-refractivity contribution in [3.63, 3.8) is 0 Å². The van der Waals surface area contributed by atoms with Gasteiger partial charge < -0.3 is 24.0 Å². The Morgan fingerprint density at radius 2 is 2.23 bits per heavy atom. The number of aliphatic hydroxyl groups is 1. The summed E-state index contributed by atoms with van der Waals surface area (Å²) < 4.78 is 12.4. The standard InChI is InChI=1S/C22H20N4O5/c1-25-10-8-22(29,21(25)28)7-5-14-3-4-17-15(13-14)19-24-18(20(27)30-2)16(6-9-23)26(19)11-12-31-17/h3-4,13,29H,6,8,10-12H2,1-2H3/t22-/m0/s1. The van der Waals surface area contributed by atoms with E-state index in [0.717, 1.165) is 0 Å². The highest BCUT2D eigenvalue weighted by atomic mass is 16.5. The maximum absolute atomic E-state index is 12.2. The summed E-state index contributed by atoms with van der Waals surface area (Å²) in [4.78, 5) is 30.3. The highest BCUT2D eigenvalue weighted by Crippen LogP contribution is 2.34. The van der Waals surface area contributed by atoms with Crippen LogP contribution in [0.3, 0.4) is 0 Å². The average Bonchev–Trinajstić information content (AvgIpc) is 3.18. The van der Waals surface area contributed by atoms with Gasteiger partial charge in [0.25, 0.3) is 5.91 Å². The van der Waals surface area contributed by atoms with Gasteiger partial charge in [-0.05, 0) is 18.2 Å². The molecule has 1 saturated heterocycles. The second kappa shape index (κ2) is 7.78. The van der Waals surface area contributed by atoms with Crippen LogP contribution in [0.4, 0.5) is 0 Å². The van der Waals surface area contributed by atoms with Crippen LogP contribution < -0.4 is 4.74 Å². The minimum atomic E-state index is -1.70. The number of amides is 1. The largest absolute Gasteiger partial charge is 0.491 e. The molecule has 0 saturated carbocycles. The number of nitriles is 1. The van der Waals surface area contributed by atoms with E-state index in [1.807, 2.05) is 0 Å². The van der Waals surface area contributed by atoms with Gasteiger partial charge in [0, 0.05) is 25.6 Å². The lowest BCUT2D eigenvalue weighted by Crippen LogP contribution is -2.37. The minimum absolute atomic E-state index is 0.00504. The zero-order valence-electron chi connectivity index (χ0n) is 17.1. The summed E-state index contributed by atoms with van der Waals surface area (Å²) in [5, 5.41) is 19.8. The Bertz CT molecular complexity index is 1180. The molecule has 1 aromatic heterocycles. The molecule has 4 rings (SSSR count). The van der Waals surface area contributed by atoms with Crippen molar-refractivity contribution in [1.29, 1.82) is 5.26 Å². The van der Waals surface area contributed by atoms with E-state index >= 15 is 0 Å². The lowest BCUT2D eigenvalue weighted by Gasteiger charge is -2.13. The molecule has 2 aliphatic rings. The Kier molecular flexibility index (Phi) is 5.14. The first-order valence-electron chi connectivity index (χ1n) is 9.71. The van der Waals surface area contributed by atoms with Crippen LogP contribution >= 0.6 is 0 Å². The predicted molar refractivity (Wildman–Crippen MR) is 108 cm³/mol. The molecule has 1 N–H and O–H groups in total. The van der Waals surface area contributed by atoms with Gasteiger partial charge in [-0.25, -0.2) is 9.78 Å². The van der Waals surface area contributed by atoms with Crippen molar-refractivity contribution in [2.45, 2.75) is 25.0 Å². The molecule has 158 valence electrons. The highest BCUT2D eigenvalue weighted by Gasteiger charge is 2.42. The topological polar surface area (TPSA) is 118 Å². The molecule has 0 bridgehead atoms. The van der Waals surface area contributed by atoms with E-state index in [0.29, 0.717) is 48.1 Å². The third-order valence-electron chi connectivity index (χ3n) is 5.41. The number of nitrogens with zero attached hydrogens (tertiary/aromatic N) is 4. The number of likely N-dealkylation sites (tertiary alicyclic amines) is 1.